The van der Waals surface area contributed by atoms with Gasteiger partial charge in [-0.1, -0.05) is 6.92 Å². The lowest BCUT2D eigenvalue weighted by atomic mass is 10.2. The first-order valence-electron chi connectivity index (χ1n) is 4.36. The summed E-state index contributed by atoms with van der Waals surface area (Å²) in [5.41, 5.74) is 10.3. The van der Waals surface area contributed by atoms with Gasteiger partial charge in [-0.25, -0.2) is 0 Å². The van der Waals surface area contributed by atoms with Crippen molar-refractivity contribution in [3.8, 4) is 0 Å². The van der Waals surface area contributed by atoms with Crippen molar-refractivity contribution in [1.82, 2.24) is 0 Å². The summed E-state index contributed by atoms with van der Waals surface area (Å²) in [5.74, 6) is 0. The van der Waals surface area contributed by atoms with Gasteiger partial charge >= 0.3 is 0 Å². The zero-order valence-corrected chi connectivity index (χ0v) is 7.38. The Morgan fingerprint density at radius 2 is 2.09 bits per heavy atom. The zero-order chi connectivity index (χ0) is 8.53. The maximum atomic E-state index is 5.31. The van der Waals surface area contributed by atoms with E-state index in [9.17, 15) is 0 Å². The lowest BCUT2D eigenvalue weighted by molar-refractivity contribution is 0.117. The molecule has 11 heavy (non-hydrogen) atoms. The molecule has 1 fully saturated rings. The van der Waals surface area contributed by atoms with Crippen molar-refractivity contribution in [1.29, 1.82) is 0 Å². The number of rotatable bonds is 2. The number of hydrogen-bond donors (Lipinski definition) is 2. The fourth-order valence-corrected chi connectivity index (χ4v) is 0.830. The van der Waals surface area contributed by atoms with E-state index < -0.39 is 0 Å². The Morgan fingerprint density at radius 1 is 1.45 bits per heavy atom. The summed E-state index contributed by atoms with van der Waals surface area (Å²) in [7, 11) is 0. The number of ether oxygens (including phenoxy) is 1. The molecule has 0 aromatic carbocycles. The SMILES string of the molecule is CCCN.NCC1CCCO1. The molecule has 1 unspecified atom stereocenters. The standard InChI is InChI=1S/C5H11NO.C3H9N/c6-4-5-2-1-3-7-5;1-2-3-4/h5H,1-4,6H2;2-4H2,1H3. The minimum absolute atomic E-state index is 0.375. The Kier molecular flexibility index (Phi) is 7.89. The van der Waals surface area contributed by atoms with Gasteiger partial charge in [-0.3, -0.25) is 0 Å². The first-order chi connectivity index (χ1) is 5.35. The van der Waals surface area contributed by atoms with Crippen LogP contribution in [0.25, 0.3) is 0 Å². The second kappa shape index (κ2) is 7.98. The van der Waals surface area contributed by atoms with Crippen LogP contribution in [0, 0.1) is 0 Å². The molecule has 1 saturated heterocycles. The van der Waals surface area contributed by atoms with Gasteiger partial charge in [0.05, 0.1) is 6.10 Å². The normalized spacial score (nSPS) is 22.6. The molecular formula is C8H20N2O. The first kappa shape index (κ1) is 10.9. The Labute approximate surface area is 69.1 Å². The molecule has 0 aromatic heterocycles. The predicted molar refractivity (Wildman–Crippen MR) is 47.4 cm³/mol. The molecule has 3 heteroatoms. The molecule has 0 bridgehead atoms. The van der Waals surface area contributed by atoms with E-state index in [2.05, 4.69) is 6.92 Å². The molecule has 4 N–H and O–H groups in total. The van der Waals surface area contributed by atoms with Gasteiger partial charge in [0, 0.05) is 13.2 Å². The Morgan fingerprint density at radius 3 is 2.27 bits per heavy atom. The molecule has 3 nitrogen and oxygen atoms in total. The van der Waals surface area contributed by atoms with Crippen LogP contribution >= 0.6 is 0 Å². The molecular weight excluding hydrogens is 140 g/mol. The summed E-state index contributed by atoms with van der Waals surface area (Å²) >= 11 is 0. The summed E-state index contributed by atoms with van der Waals surface area (Å²) < 4.78 is 5.18. The summed E-state index contributed by atoms with van der Waals surface area (Å²) in [6.07, 6.45) is 3.83. The topological polar surface area (TPSA) is 61.3 Å². The van der Waals surface area contributed by atoms with Crippen LogP contribution in [0.1, 0.15) is 26.2 Å². The first-order valence-corrected chi connectivity index (χ1v) is 4.36. The highest BCUT2D eigenvalue weighted by atomic mass is 16.5. The van der Waals surface area contributed by atoms with Crippen LogP contribution in [0.3, 0.4) is 0 Å². The maximum absolute atomic E-state index is 5.31. The van der Waals surface area contributed by atoms with Crippen molar-refractivity contribution in [3.63, 3.8) is 0 Å². The second-order valence-corrected chi connectivity index (χ2v) is 2.66. The van der Waals surface area contributed by atoms with E-state index in [1.54, 1.807) is 0 Å². The van der Waals surface area contributed by atoms with E-state index in [1.165, 1.54) is 6.42 Å². The lowest BCUT2D eigenvalue weighted by Gasteiger charge is -2.01. The van der Waals surface area contributed by atoms with Gasteiger partial charge in [-0.15, -0.1) is 0 Å². The third-order valence-corrected chi connectivity index (χ3v) is 1.58. The van der Waals surface area contributed by atoms with Crippen LogP contribution in [0.4, 0.5) is 0 Å². The Hall–Kier alpha value is -0.120. The number of hydrogen-bond acceptors (Lipinski definition) is 3. The van der Waals surface area contributed by atoms with Crippen LogP contribution < -0.4 is 11.5 Å². The van der Waals surface area contributed by atoms with Gasteiger partial charge in [0.2, 0.25) is 0 Å². The molecule has 0 amide bonds. The van der Waals surface area contributed by atoms with E-state index >= 15 is 0 Å². The van der Waals surface area contributed by atoms with Gasteiger partial charge in [0.1, 0.15) is 0 Å². The minimum atomic E-state index is 0.375. The Bertz CT molecular complexity index is 70.5. The molecule has 1 aliphatic heterocycles. The van der Waals surface area contributed by atoms with Gasteiger partial charge in [-0.2, -0.15) is 0 Å². The largest absolute Gasteiger partial charge is 0.377 e. The van der Waals surface area contributed by atoms with Crippen LogP contribution in [0.15, 0.2) is 0 Å². The van der Waals surface area contributed by atoms with E-state index in [1.807, 2.05) is 0 Å². The molecule has 1 aliphatic rings. The van der Waals surface area contributed by atoms with Crippen LogP contribution in [0.2, 0.25) is 0 Å². The number of nitrogens with two attached hydrogens (primary N) is 2. The average molecular weight is 160 g/mol. The lowest BCUT2D eigenvalue weighted by Crippen LogP contribution is -2.17. The highest BCUT2D eigenvalue weighted by Crippen LogP contribution is 2.09. The summed E-state index contributed by atoms with van der Waals surface area (Å²) in [6, 6.07) is 0. The fourth-order valence-electron chi connectivity index (χ4n) is 0.830. The fraction of sp³-hybridized carbons (Fsp3) is 1.00. The maximum Gasteiger partial charge on any atom is 0.0698 e. The molecule has 1 heterocycles. The molecule has 0 aromatic rings. The van der Waals surface area contributed by atoms with E-state index in [0.29, 0.717) is 12.6 Å². The van der Waals surface area contributed by atoms with Crippen molar-refractivity contribution in [2.45, 2.75) is 32.3 Å². The molecule has 1 atom stereocenters. The predicted octanol–water partition coefficient (Wildman–Crippen LogP) is 0.479. The van der Waals surface area contributed by atoms with Gasteiger partial charge in [0.15, 0.2) is 0 Å². The molecule has 1 rings (SSSR count). The molecule has 0 aliphatic carbocycles. The van der Waals surface area contributed by atoms with Gasteiger partial charge in [0.25, 0.3) is 0 Å². The molecule has 0 saturated carbocycles. The molecule has 68 valence electrons. The smallest absolute Gasteiger partial charge is 0.0698 e. The highest BCUT2D eigenvalue weighted by Gasteiger charge is 2.11. The second-order valence-electron chi connectivity index (χ2n) is 2.66. The molecule has 0 spiro atoms. The van der Waals surface area contributed by atoms with Crippen molar-refractivity contribution < 1.29 is 4.74 Å². The minimum Gasteiger partial charge on any atom is -0.377 e. The highest BCUT2D eigenvalue weighted by molar-refractivity contribution is 4.63. The van der Waals surface area contributed by atoms with Crippen LogP contribution in [-0.2, 0) is 4.74 Å². The van der Waals surface area contributed by atoms with Crippen LogP contribution in [0.5, 0.6) is 0 Å². The zero-order valence-electron chi connectivity index (χ0n) is 7.38. The van der Waals surface area contributed by atoms with Crippen LogP contribution in [-0.4, -0.2) is 25.8 Å². The monoisotopic (exact) mass is 160 g/mol. The third-order valence-electron chi connectivity index (χ3n) is 1.58. The summed E-state index contributed by atoms with van der Waals surface area (Å²) in [5, 5.41) is 0. The van der Waals surface area contributed by atoms with E-state index in [0.717, 1.165) is 26.0 Å². The van der Waals surface area contributed by atoms with Crippen molar-refractivity contribution in [3.05, 3.63) is 0 Å². The average Bonchev–Trinajstić information content (AvgIpc) is 2.56. The van der Waals surface area contributed by atoms with Crippen molar-refractivity contribution >= 4 is 0 Å². The third kappa shape index (κ3) is 6.28. The molecule has 0 radical (unpaired) electrons. The van der Waals surface area contributed by atoms with E-state index in [4.69, 9.17) is 16.2 Å². The Balaban J connectivity index is 0.000000218. The summed E-state index contributed by atoms with van der Waals surface area (Å²) in [4.78, 5) is 0. The van der Waals surface area contributed by atoms with Crippen molar-refractivity contribution in [2.75, 3.05) is 19.7 Å². The van der Waals surface area contributed by atoms with Gasteiger partial charge < -0.3 is 16.2 Å². The summed E-state index contributed by atoms with van der Waals surface area (Å²) in [6.45, 7) is 4.49. The van der Waals surface area contributed by atoms with E-state index in [-0.39, 0.29) is 0 Å². The van der Waals surface area contributed by atoms with Crippen molar-refractivity contribution in [2.24, 2.45) is 11.5 Å². The quantitative estimate of drug-likeness (QED) is 0.617. The van der Waals surface area contributed by atoms with Gasteiger partial charge in [-0.05, 0) is 25.8 Å².